The fourth-order valence-electron chi connectivity index (χ4n) is 4.29. The van der Waals surface area contributed by atoms with Gasteiger partial charge in [-0.2, -0.15) is 0 Å². The normalized spacial score (nSPS) is 14.9. The molecule has 0 saturated carbocycles. The zero-order chi connectivity index (χ0) is 21.4. The highest BCUT2D eigenvalue weighted by molar-refractivity contribution is 7.13. The van der Waals surface area contributed by atoms with Crippen LogP contribution in [0.2, 0.25) is 0 Å². The van der Waals surface area contributed by atoms with Gasteiger partial charge in [0.05, 0.1) is 23.1 Å². The Morgan fingerprint density at radius 3 is 2.65 bits per heavy atom. The number of benzene rings is 2. The molecule has 0 aliphatic carbocycles. The number of carbonyl (C=O) groups excluding carboxylic acids is 1. The molecule has 0 unspecified atom stereocenters. The Hall–Kier alpha value is -3.19. The average molecular weight is 433 g/mol. The second-order valence-corrected chi connectivity index (χ2v) is 8.97. The van der Waals surface area contributed by atoms with Gasteiger partial charge in [0.15, 0.2) is 0 Å². The molecule has 3 heterocycles. The zero-order valence-electron chi connectivity index (χ0n) is 17.4. The van der Waals surface area contributed by atoms with Crippen LogP contribution in [-0.4, -0.2) is 38.4 Å². The minimum atomic E-state index is -0.0721. The summed E-state index contributed by atoms with van der Waals surface area (Å²) in [5.74, 6) is 0.102. The molecule has 1 N–H and O–H groups in total. The van der Waals surface area contributed by atoms with Crippen LogP contribution in [0.4, 0.5) is 0 Å². The van der Waals surface area contributed by atoms with Crippen LogP contribution in [0.15, 0.2) is 58.7 Å². The highest BCUT2D eigenvalue weighted by Gasteiger charge is 2.26. The van der Waals surface area contributed by atoms with Gasteiger partial charge in [-0.15, -0.1) is 11.3 Å². The Balaban J connectivity index is 1.23. The molecule has 5 rings (SSSR count). The summed E-state index contributed by atoms with van der Waals surface area (Å²) in [6, 6.07) is 16.2. The quantitative estimate of drug-likeness (QED) is 0.526. The third kappa shape index (κ3) is 3.93. The Morgan fingerprint density at radius 1 is 1.13 bits per heavy atom. The topological polar surface area (TPSA) is 71.0 Å². The van der Waals surface area contributed by atoms with Gasteiger partial charge in [-0.1, -0.05) is 42.0 Å². The van der Waals surface area contributed by atoms with Gasteiger partial charge < -0.3 is 9.88 Å². The van der Waals surface area contributed by atoms with E-state index in [2.05, 4.69) is 41.2 Å². The summed E-state index contributed by atoms with van der Waals surface area (Å²) in [5, 5.41) is 2.92. The first-order chi connectivity index (χ1) is 15.1. The molecule has 1 aliphatic heterocycles. The molecule has 7 heteroatoms. The van der Waals surface area contributed by atoms with Gasteiger partial charge >= 0.3 is 5.69 Å². The van der Waals surface area contributed by atoms with Crippen LogP contribution in [0.5, 0.6) is 0 Å². The lowest BCUT2D eigenvalue weighted by Gasteiger charge is -2.32. The molecule has 0 spiro atoms. The van der Waals surface area contributed by atoms with Crippen LogP contribution >= 0.6 is 11.3 Å². The Bertz CT molecular complexity index is 1280. The highest BCUT2D eigenvalue weighted by atomic mass is 32.1. The number of fused-ring (bicyclic) bond motifs is 1. The number of hydrogen-bond acceptors (Lipinski definition) is 4. The van der Waals surface area contributed by atoms with Crippen LogP contribution in [0.25, 0.3) is 21.6 Å². The van der Waals surface area contributed by atoms with Crippen molar-refractivity contribution in [2.45, 2.75) is 32.2 Å². The van der Waals surface area contributed by atoms with Crippen molar-refractivity contribution in [3.8, 4) is 10.6 Å². The van der Waals surface area contributed by atoms with E-state index < -0.39 is 0 Å². The first-order valence-corrected chi connectivity index (χ1v) is 11.4. The Labute approximate surface area is 184 Å². The van der Waals surface area contributed by atoms with E-state index >= 15 is 0 Å². The van der Waals surface area contributed by atoms with E-state index in [0.29, 0.717) is 19.5 Å². The molecule has 0 atom stereocenters. The first-order valence-electron chi connectivity index (χ1n) is 10.6. The third-order valence-electron chi connectivity index (χ3n) is 5.99. The molecular weight excluding hydrogens is 408 g/mol. The van der Waals surface area contributed by atoms with Gasteiger partial charge in [-0.3, -0.25) is 9.36 Å². The predicted molar refractivity (Wildman–Crippen MR) is 123 cm³/mol. The lowest BCUT2D eigenvalue weighted by atomic mass is 10.0. The Kier molecular flexibility index (Phi) is 5.19. The molecular formula is C24H24N4O2S. The van der Waals surface area contributed by atoms with Gasteiger partial charge in [0.25, 0.3) is 0 Å². The van der Waals surface area contributed by atoms with Crippen molar-refractivity contribution >= 4 is 28.3 Å². The molecule has 2 aromatic heterocycles. The third-order valence-corrected chi connectivity index (χ3v) is 6.93. The number of rotatable bonds is 4. The number of amides is 1. The fourth-order valence-corrected chi connectivity index (χ4v) is 5.12. The zero-order valence-corrected chi connectivity index (χ0v) is 18.2. The predicted octanol–water partition coefficient (Wildman–Crippen LogP) is 4.17. The number of H-pyrrole nitrogens is 1. The van der Waals surface area contributed by atoms with Crippen LogP contribution in [0.1, 0.15) is 30.1 Å². The van der Waals surface area contributed by atoms with Crippen molar-refractivity contribution in [2.24, 2.45) is 0 Å². The minimum absolute atomic E-state index is 0.0721. The number of hydrogen-bond donors (Lipinski definition) is 1. The van der Waals surface area contributed by atoms with Crippen LogP contribution in [0, 0.1) is 6.92 Å². The van der Waals surface area contributed by atoms with Crippen molar-refractivity contribution in [2.75, 3.05) is 13.1 Å². The number of nitrogens with zero attached hydrogens (tertiary/aromatic N) is 3. The number of aryl methyl sites for hydroxylation is 1. The van der Waals surface area contributed by atoms with Crippen LogP contribution in [0.3, 0.4) is 0 Å². The van der Waals surface area contributed by atoms with E-state index in [9.17, 15) is 9.59 Å². The number of likely N-dealkylation sites (tertiary alicyclic amines) is 1. The van der Waals surface area contributed by atoms with Crippen molar-refractivity contribution in [1.82, 2.24) is 19.4 Å². The van der Waals surface area contributed by atoms with Crippen LogP contribution < -0.4 is 5.69 Å². The largest absolute Gasteiger partial charge is 0.342 e. The van der Waals surface area contributed by atoms with Crippen molar-refractivity contribution in [3.05, 3.63) is 75.7 Å². The number of piperidine rings is 1. The van der Waals surface area contributed by atoms with Crippen LogP contribution in [-0.2, 0) is 11.2 Å². The van der Waals surface area contributed by atoms with E-state index in [0.717, 1.165) is 40.1 Å². The number of carbonyl (C=O) groups is 1. The number of aromatic amines is 1. The van der Waals surface area contributed by atoms with Gasteiger partial charge in [0, 0.05) is 30.1 Å². The molecule has 1 aliphatic rings. The molecule has 6 nitrogen and oxygen atoms in total. The van der Waals surface area contributed by atoms with Crippen molar-refractivity contribution < 1.29 is 4.79 Å². The second-order valence-electron chi connectivity index (χ2n) is 8.12. The maximum absolute atomic E-state index is 12.8. The van der Waals surface area contributed by atoms with Gasteiger partial charge in [-0.05, 0) is 31.9 Å². The maximum atomic E-state index is 12.8. The monoisotopic (exact) mass is 432 g/mol. The molecule has 0 bridgehead atoms. The lowest BCUT2D eigenvalue weighted by molar-refractivity contribution is -0.131. The molecule has 1 saturated heterocycles. The summed E-state index contributed by atoms with van der Waals surface area (Å²) in [5.41, 5.74) is 4.84. The van der Waals surface area contributed by atoms with Gasteiger partial charge in [-0.25, -0.2) is 9.78 Å². The molecule has 0 radical (unpaired) electrons. The van der Waals surface area contributed by atoms with E-state index in [1.54, 1.807) is 11.3 Å². The Morgan fingerprint density at radius 2 is 1.87 bits per heavy atom. The summed E-state index contributed by atoms with van der Waals surface area (Å²) in [6.07, 6.45) is 1.87. The standard InChI is InChI=1S/C24H24N4O2S/c1-16-6-8-17(9-7-16)23-25-18(15-31-23)14-22(29)27-12-10-19(11-13-27)28-21-5-3-2-4-20(21)26-24(28)30/h2-9,15,19H,10-14H2,1H3,(H,26,30). The number of aromatic nitrogens is 3. The van der Waals surface area contributed by atoms with E-state index in [1.165, 1.54) is 5.56 Å². The van der Waals surface area contributed by atoms with E-state index in [-0.39, 0.29) is 17.6 Å². The highest BCUT2D eigenvalue weighted by Crippen LogP contribution is 2.27. The number of para-hydroxylation sites is 2. The summed E-state index contributed by atoms with van der Waals surface area (Å²) in [4.78, 5) is 34.8. The molecule has 1 amide bonds. The number of imidazole rings is 1. The summed E-state index contributed by atoms with van der Waals surface area (Å²) in [7, 11) is 0. The number of thiazole rings is 1. The lowest BCUT2D eigenvalue weighted by Crippen LogP contribution is -2.41. The fraction of sp³-hybridized carbons (Fsp3) is 0.292. The van der Waals surface area contributed by atoms with Crippen molar-refractivity contribution in [1.29, 1.82) is 0 Å². The maximum Gasteiger partial charge on any atom is 0.326 e. The minimum Gasteiger partial charge on any atom is -0.342 e. The molecule has 4 aromatic rings. The summed E-state index contributed by atoms with van der Waals surface area (Å²) < 4.78 is 1.85. The van der Waals surface area contributed by atoms with E-state index in [1.807, 2.05) is 39.1 Å². The summed E-state index contributed by atoms with van der Waals surface area (Å²) >= 11 is 1.58. The molecule has 158 valence electrons. The SMILES string of the molecule is Cc1ccc(-c2nc(CC(=O)N3CCC(n4c(=O)[nH]c5ccccc54)CC3)cs2)cc1. The van der Waals surface area contributed by atoms with E-state index in [4.69, 9.17) is 0 Å². The van der Waals surface area contributed by atoms with Gasteiger partial charge in [0.1, 0.15) is 5.01 Å². The van der Waals surface area contributed by atoms with Crippen molar-refractivity contribution in [3.63, 3.8) is 0 Å². The second kappa shape index (κ2) is 8.15. The molecule has 31 heavy (non-hydrogen) atoms. The summed E-state index contributed by atoms with van der Waals surface area (Å²) in [6.45, 7) is 3.38. The smallest absolute Gasteiger partial charge is 0.326 e. The molecule has 2 aromatic carbocycles. The molecule has 1 fully saturated rings. The average Bonchev–Trinajstić information content (AvgIpc) is 3.38. The first kappa shape index (κ1) is 19.8. The number of nitrogens with one attached hydrogen (secondary N) is 1. The van der Waals surface area contributed by atoms with Gasteiger partial charge in [0.2, 0.25) is 5.91 Å².